The molecule has 1 aromatic carbocycles. The van der Waals surface area contributed by atoms with Crippen molar-refractivity contribution in [1.82, 2.24) is 14.5 Å². The van der Waals surface area contributed by atoms with Crippen molar-refractivity contribution in [2.45, 2.75) is 51.5 Å². The highest BCUT2D eigenvalue weighted by Gasteiger charge is 2.30. The van der Waals surface area contributed by atoms with Gasteiger partial charge in [-0.05, 0) is 55.5 Å². The molecular weight excluding hydrogens is 498 g/mol. The maximum atomic E-state index is 13.0. The van der Waals surface area contributed by atoms with Crippen LogP contribution in [0.5, 0.6) is 11.5 Å². The van der Waals surface area contributed by atoms with E-state index in [2.05, 4.69) is 15.5 Å². The van der Waals surface area contributed by atoms with Crippen LogP contribution in [0.3, 0.4) is 0 Å². The van der Waals surface area contributed by atoms with Crippen molar-refractivity contribution in [3.63, 3.8) is 0 Å². The minimum atomic E-state index is -0.0293. The quantitative estimate of drug-likeness (QED) is 0.209. The van der Waals surface area contributed by atoms with Gasteiger partial charge < -0.3 is 14.4 Å². The Balaban J connectivity index is 1.56. The number of methoxy groups -OCH3 is 1. The lowest BCUT2D eigenvalue weighted by molar-refractivity contribution is 0.0944. The summed E-state index contributed by atoms with van der Waals surface area (Å²) in [5.74, 6) is 3.94. The average molecular weight is 528 g/mol. The molecule has 4 aromatic rings. The zero-order chi connectivity index (χ0) is 26.8. The Morgan fingerprint density at radius 3 is 2.79 bits per heavy atom. The second-order valence-electron chi connectivity index (χ2n) is 9.62. The topological polar surface area (TPSA) is 94.3 Å². The second-order valence-corrected chi connectivity index (χ2v) is 10.7. The van der Waals surface area contributed by atoms with E-state index in [-0.39, 0.29) is 29.3 Å². The molecule has 1 N–H and O–H groups in total. The van der Waals surface area contributed by atoms with Gasteiger partial charge in [-0.1, -0.05) is 19.3 Å². The smallest absolute Gasteiger partial charge is 0.173 e. The van der Waals surface area contributed by atoms with Crippen LogP contribution in [0.15, 0.2) is 42.6 Å². The first-order chi connectivity index (χ1) is 18.4. The Labute approximate surface area is 225 Å². The lowest BCUT2D eigenvalue weighted by atomic mass is 9.82. The van der Waals surface area contributed by atoms with E-state index in [9.17, 15) is 14.7 Å². The first-order valence-electron chi connectivity index (χ1n) is 12.8. The molecule has 1 saturated carbocycles. The molecule has 0 bridgehead atoms. The number of carbonyl (C=O) groups is 2. The highest BCUT2D eigenvalue weighted by molar-refractivity contribution is 7.14. The van der Waals surface area contributed by atoms with E-state index in [4.69, 9.17) is 16.1 Å². The van der Waals surface area contributed by atoms with Crippen LogP contribution < -0.4 is 4.74 Å². The number of carbonyl (C=O) groups excluding carboxylic acids is 2. The number of imidazole rings is 1. The molecule has 0 radical (unpaired) electrons. The number of thiophene rings is 1. The minimum absolute atomic E-state index is 0.0293. The van der Waals surface area contributed by atoms with Gasteiger partial charge in [-0.3, -0.25) is 9.59 Å². The van der Waals surface area contributed by atoms with Gasteiger partial charge in [-0.15, -0.1) is 17.8 Å². The molecule has 38 heavy (non-hydrogen) atoms. The summed E-state index contributed by atoms with van der Waals surface area (Å²) in [6.45, 7) is 1.81. The highest BCUT2D eigenvalue weighted by atomic mass is 32.1. The molecule has 2 atom stereocenters. The molecule has 0 unspecified atom stereocenters. The number of hydrogen-bond acceptors (Lipinski definition) is 7. The zero-order valence-corrected chi connectivity index (χ0v) is 22.3. The van der Waals surface area contributed by atoms with Crippen LogP contribution in [0, 0.1) is 18.3 Å². The number of hydrogen-bond donors (Lipinski definition) is 1. The van der Waals surface area contributed by atoms with Gasteiger partial charge in [0.15, 0.2) is 17.4 Å². The zero-order valence-electron chi connectivity index (χ0n) is 21.4. The summed E-state index contributed by atoms with van der Waals surface area (Å²) in [6, 6.07) is 10.5. The number of benzene rings is 1. The van der Waals surface area contributed by atoms with Gasteiger partial charge >= 0.3 is 0 Å². The molecule has 0 spiro atoms. The molecule has 3 heterocycles. The molecule has 5 rings (SSSR count). The maximum Gasteiger partial charge on any atom is 0.173 e. The highest BCUT2D eigenvalue weighted by Crippen LogP contribution is 2.42. The molecule has 3 aromatic heterocycles. The third-order valence-electron chi connectivity index (χ3n) is 7.25. The van der Waals surface area contributed by atoms with E-state index in [0.717, 1.165) is 36.1 Å². The summed E-state index contributed by atoms with van der Waals surface area (Å²) >= 11 is 1.36. The number of rotatable bonds is 8. The van der Waals surface area contributed by atoms with Crippen molar-refractivity contribution < 1.29 is 19.4 Å². The number of ketones is 2. The minimum Gasteiger partial charge on any atom is -0.506 e. The monoisotopic (exact) mass is 527 g/mol. The maximum absolute atomic E-state index is 13.0. The Hall–Kier alpha value is -3.96. The molecule has 0 aliphatic heterocycles. The number of aromatic hydroxyl groups is 1. The molecule has 1 fully saturated rings. The number of aromatic nitrogens is 3. The van der Waals surface area contributed by atoms with Crippen molar-refractivity contribution in [2.24, 2.45) is 5.92 Å². The van der Waals surface area contributed by atoms with Gasteiger partial charge in [-0.25, -0.2) is 9.97 Å². The number of terminal acetylenes is 1. The number of Topliss-reactive ketones (excluding diaryl/α,β-unsaturated/α-hetero) is 2. The fourth-order valence-corrected chi connectivity index (χ4v) is 6.18. The Kier molecular flexibility index (Phi) is 7.30. The standard InChI is InChI=1S/C30H29N3O4S/c1-4-20-11-12-28(38-20)26(36)15-18-8-6-9-19(14-18)33-23-17-27(37-3)21(24(34)5-2)16-22(23)32-30(33)29-25(35)10-7-13-31-29/h1,7,10-13,16-19,35H,5-6,8-9,14-15H2,2-3H3/t18-,19+/m1/s1. The first kappa shape index (κ1) is 25.7. The van der Waals surface area contributed by atoms with Crippen molar-refractivity contribution in [3.05, 3.63) is 57.9 Å². The number of fused-ring (bicyclic) bond motifs is 1. The Bertz CT molecular complexity index is 1560. The number of ether oxygens (including phenoxy) is 1. The molecule has 7 nitrogen and oxygen atoms in total. The van der Waals surface area contributed by atoms with Crippen molar-refractivity contribution >= 4 is 33.9 Å². The normalized spacial score (nSPS) is 17.3. The lowest BCUT2D eigenvalue weighted by Crippen LogP contribution is -2.22. The van der Waals surface area contributed by atoms with Crippen LogP contribution in [0.2, 0.25) is 0 Å². The van der Waals surface area contributed by atoms with Crippen LogP contribution in [-0.4, -0.2) is 38.3 Å². The summed E-state index contributed by atoms with van der Waals surface area (Å²) in [6.07, 6.45) is 11.5. The second kappa shape index (κ2) is 10.8. The van der Waals surface area contributed by atoms with Gasteiger partial charge in [0.1, 0.15) is 17.2 Å². The van der Waals surface area contributed by atoms with E-state index in [1.807, 2.05) is 25.1 Å². The lowest BCUT2D eigenvalue weighted by Gasteiger charge is -2.31. The fourth-order valence-electron chi connectivity index (χ4n) is 5.42. The summed E-state index contributed by atoms with van der Waals surface area (Å²) in [7, 11) is 1.55. The van der Waals surface area contributed by atoms with Gasteiger partial charge in [0.2, 0.25) is 0 Å². The van der Waals surface area contributed by atoms with E-state index in [1.165, 1.54) is 11.3 Å². The molecule has 8 heteroatoms. The Morgan fingerprint density at radius 1 is 1.24 bits per heavy atom. The summed E-state index contributed by atoms with van der Waals surface area (Å²) in [5.41, 5.74) is 2.31. The van der Waals surface area contributed by atoms with E-state index in [1.54, 1.807) is 31.5 Å². The van der Waals surface area contributed by atoms with Crippen LogP contribution in [0.1, 0.15) is 76.4 Å². The van der Waals surface area contributed by atoms with Crippen LogP contribution in [-0.2, 0) is 0 Å². The number of nitrogens with zero attached hydrogens (tertiary/aromatic N) is 3. The van der Waals surface area contributed by atoms with Crippen molar-refractivity contribution in [2.75, 3.05) is 7.11 Å². The van der Waals surface area contributed by atoms with E-state index in [0.29, 0.717) is 46.1 Å². The van der Waals surface area contributed by atoms with Crippen LogP contribution in [0.4, 0.5) is 0 Å². The van der Waals surface area contributed by atoms with Gasteiger partial charge in [0.05, 0.1) is 33.5 Å². The molecule has 0 amide bonds. The summed E-state index contributed by atoms with van der Waals surface area (Å²) in [4.78, 5) is 36.4. The van der Waals surface area contributed by atoms with Crippen LogP contribution >= 0.6 is 11.3 Å². The molecule has 1 aliphatic rings. The van der Waals surface area contributed by atoms with E-state index < -0.39 is 0 Å². The van der Waals surface area contributed by atoms with Gasteiger partial charge in [0, 0.05) is 31.1 Å². The predicted molar refractivity (Wildman–Crippen MR) is 148 cm³/mol. The first-order valence-corrected chi connectivity index (χ1v) is 13.6. The largest absolute Gasteiger partial charge is 0.506 e. The number of pyridine rings is 1. The predicted octanol–water partition coefficient (Wildman–Crippen LogP) is 6.45. The third-order valence-corrected chi connectivity index (χ3v) is 8.31. The van der Waals surface area contributed by atoms with Gasteiger partial charge in [0.25, 0.3) is 0 Å². The van der Waals surface area contributed by atoms with Crippen LogP contribution in [0.25, 0.3) is 22.6 Å². The average Bonchev–Trinajstić information content (AvgIpc) is 3.57. The summed E-state index contributed by atoms with van der Waals surface area (Å²) in [5, 5.41) is 10.7. The molecule has 194 valence electrons. The van der Waals surface area contributed by atoms with Gasteiger partial charge in [-0.2, -0.15) is 0 Å². The molecule has 1 aliphatic carbocycles. The molecular formula is C30H29N3O4S. The Morgan fingerprint density at radius 2 is 2.08 bits per heavy atom. The third kappa shape index (κ3) is 4.82. The van der Waals surface area contributed by atoms with Crippen molar-refractivity contribution in [1.29, 1.82) is 0 Å². The van der Waals surface area contributed by atoms with Crippen molar-refractivity contribution in [3.8, 4) is 35.4 Å². The molecule has 0 saturated heterocycles. The van der Waals surface area contributed by atoms with E-state index >= 15 is 0 Å². The fraction of sp³-hybridized carbons (Fsp3) is 0.333. The SMILES string of the molecule is C#Cc1ccc(C(=O)C[C@@H]2CCC[C@H](n3c(-c4ncccc4O)nc4cc(C(=O)CC)c(OC)cc43)C2)s1. The summed E-state index contributed by atoms with van der Waals surface area (Å²) < 4.78 is 7.72.